The average molecular weight is 406 g/mol. The van der Waals surface area contributed by atoms with E-state index in [0.29, 0.717) is 16.8 Å². The summed E-state index contributed by atoms with van der Waals surface area (Å²) in [6.45, 7) is 1.73. The third kappa shape index (κ3) is 5.39. The summed E-state index contributed by atoms with van der Waals surface area (Å²) in [7, 11) is 0. The van der Waals surface area contributed by atoms with Gasteiger partial charge < -0.3 is 10.6 Å². The van der Waals surface area contributed by atoms with Crippen LogP contribution < -0.4 is 10.6 Å². The van der Waals surface area contributed by atoms with Crippen LogP contribution in [0.5, 0.6) is 0 Å². The van der Waals surface area contributed by atoms with E-state index in [9.17, 15) is 19.7 Å². The molecule has 0 bridgehead atoms. The van der Waals surface area contributed by atoms with E-state index in [-0.39, 0.29) is 30.5 Å². The molecule has 0 aliphatic rings. The first kappa shape index (κ1) is 18.6. The van der Waals surface area contributed by atoms with Gasteiger partial charge in [0.2, 0.25) is 5.91 Å². The fourth-order valence-electron chi connectivity index (χ4n) is 2.15. The minimum absolute atomic E-state index is 0.0366. The number of nitrogens with one attached hydrogen (secondary N) is 2. The highest BCUT2D eigenvalue weighted by Gasteiger charge is 2.13. The maximum atomic E-state index is 12.0. The van der Waals surface area contributed by atoms with Crippen LogP contribution >= 0.6 is 15.9 Å². The molecule has 0 spiro atoms. The van der Waals surface area contributed by atoms with Crippen molar-refractivity contribution in [1.82, 2.24) is 5.32 Å². The Morgan fingerprint density at radius 3 is 2.44 bits per heavy atom. The number of aryl methyl sites for hydroxylation is 1. The van der Waals surface area contributed by atoms with Gasteiger partial charge in [-0.05, 0) is 43.3 Å². The fourth-order valence-corrected chi connectivity index (χ4v) is 2.41. The highest BCUT2D eigenvalue weighted by molar-refractivity contribution is 9.10. The lowest BCUT2D eigenvalue weighted by Gasteiger charge is -2.07. The molecule has 7 nitrogen and oxygen atoms in total. The summed E-state index contributed by atoms with van der Waals surface area (Å²) in [5.41, 5.74) is 1.36. The van der Waals surface area contributed by atoms with E-state index in [1.807, 2.05) is 12.1 Å². The van der Waals surface area contributed by atoms with E-state index in [1.54, 1.807) is 19.1 Å². The van der Waals surface area contributed by atoms with Gasteiger partial charge in [0, 0.05) is 40.3 Å². The predicted octanol–water partition coefficient (Wildman–Crippen LogP) is 3.42. The molecule has 0 radical (unpaired) electrons. The summed E-state index contributed by atoms with van der Waals surface area (Å²) >= 11 is 3.31. The van der Waals surface area contributed by atoms with Crippen LogP contribution in [0.1, 0.15) is 22.3 Å². The van der Waals surface area contributed by atoms with Crippen molar-refractivity contribution in [3.05, 3.63) is 68.2 Å². The Hall–Kier alpha value is -2.74. The number of hydrogen-bond donors (Lipinski definition) is 2. The number of halogens is 1. The van der Waals surface area contributed by atoms with Crippen molar-refractivity contribution in [3.63, 3.8) is 0 Å². The molecular formula is C17H16BrN3O4. The number of carbonyl (C=O) groups is 2. The Balaban J connectivity index is 1.83. The quantitative estimate of drug-likeness (QED) is 0.567. The molecule has 0 aliphatic carbocycles. The van der Waals surface area contributed by atoms with Crippen molar-refractivity contribution in [2.24, 2.45) is 0 Å². The number of nitrogens with zero attached hydrogens (tertiary/aromatic N) is 1. The van der Waals surface area contributed by atoms with Gasteiger partial charge in [-0.2, -0.15) is 0 Å². The maximum Gasteiger partial charge on any atom is 0.272 e. The molecule has 0 saturated carbocycles. The molecule has 2 rings (SSSR count). The Kier molecular flexibility index (Phi) is 6.24. The largest absolute Gasteiger partial charge is 0.352 e. The van der Waals surface area contributed by atoms with Gasteiger partial charge in [-0.25, -0.2) is 0 Å². The van der Waals surface area contributed by atoms with Crippen LogP contribution in [0.15, 0.2) is 46.9 Å². The zero-order chi connectivity index (χ0) is 18.4. The van der Waals surface area contributed by atoms with E-state index in [0.717, 1.165) is 4.47 Å². The number of hydrogen-bond acceptors (Lipinski definition) is 4. The summed E-state index contributed by atoms with van der Waals surface area (Å²) in [4.78, 5) is 34.2. The van der Waals surface area contributed by atoms with Crippen LogP contribution in [-0.4, -0.2) is 23.3 Å². The molecule has 2 aromatic carbocycles. The van der Waals surface area contributed by atoms with Crippen LogP contribution in [-0.2, 0) is 4.79 Å². The van der Waals surface area contributed by atoms with Gasteiger partial charge in [0.1, 0.15) is 0 Å². The summed E-state index contributed by atoms with van der Waals surface area (Å²) in [5, 5.41) is 16.1. The Labute approximate surface area is 152 Å². The Morgan fingerprint density at radius 2 is 1.84 bits per heavy atom. The maximum absolute atomic E-state index is 12.0. The molecule has 130 valence electrons. The van der Waals surface area contributed by atoms with Crippen LogP contribution in [0.4, 0.5) is 11.4 Å². The van der Waals surface area contributed by atoms with Gasteiger partial charge in [-0.3, -0.25) is 19.7 Å². The zero-order valence-electron chi connectivity index (χ0n) is 13.4. The molecule has 2 N–H and O–H groups in total. The van der Waals surface area contributed by atoms with Gasteiger partial charge in [0.25, 0.3) is 11.6 Å². The second-order valence-corrected chi connectivity index (χ2v) is 6.24. The van der Waals surface area contributed by atoms with Gasteiger partial charge in [-0.15, -0.1) is 0 Å². The topological polar surface area (TPSA) is 101 Å². The van der Waals surface area contributed by atoms with Crippen molar-refractivity contribution in [1.29, 1.82) is 0 Å². The lowest BCUT2D eigenvalue weighted by molar-refractivity contribution is -0.385. The van der Waals surface area contributed by atoms with Gasteiger partial charge in [0.05, 0.1) is 4.92 Å². The van der Waals surface area contributed by atoms with E-state index < -0.39 is 4.92 Å². The van der Waals surface area contributed by atoms with Crippen LogP contribution in [0, 0.1) is 17.0 Å². The van der Waals surface area contributed by atoms with Gasteiger partial charge in [-0.1, -0.05) is 15.9 Å². The lowest BCUT2D eigenvalue weighted by Crippen LogP contribution is -2.27. The molecule has 8 heteroatoms. The average Bonchev–Trinajstić information content (AvgIpc) is 2.56. The van der Waals surface area contributed by atoms with Crippen LogP contribution in [0.3, 0.4) is 0 Å². The van der Waals surface area contributed by atoms with Crippen molar-refractivity contribution in [2.75, 3.05) is 11.9 Å². The second kappa shape index (κ2) is 8.39. The summed E-state index contributed by atoms with van der Waals surface area (Å²) in [6.07, 6.45) is 0.119. The minimum Gasteiger partial charge on any atom is -0.352 e. The highest BCUT2D eigenvalue weighted by Crippen LogP contribution is 2.18. The van der Waals surface area contributed by atoms with Gasteiger partial charge >= 0.3 is 0 Å². The smallest absolute Gasteiger partial charge is 0.272 e. The lowest BCUT2D eigenvalue weighted by atomic mass is 10.1. The van der Waals surface area contributed by atoms with Crippen molar-refractivity contribution >= 4 is 39.1 Å². The normalized spacial score (nSPS) is 10.2. The molecule has 0 heterocycles. The van der Waals surface area contributed by atoms with Crippen LogP contribution in [0.25, 0.3) is 0 Å². The number of nitro groups is 1. The standard InChI is InChI=1S/C17H16BrN3O4/c1-11-10-12(2-7-15(11)21(24)25)17(23)19-9-8-16(22)20-14-5-3-13(18)4-6-14/h2-7,10H,8-9H2,1H3,(H,19,23)(H,20,22). The molecular weight excluding hydrogens is 390 g/mol. The number of anilines is 1. The zero-order valence-corrected chi connectivity index (χ0v) is 15.0. The van der Waals surface area contributed by atoms with Crippen molar-refractivity contribution < 1.29 is 14.5 Å². The Bertz CT molecular complexity index is 806. The first-order valence-electron chi connectivity index (χ1n) is 7.45. The molecule has 0 aromatic heterocycles. The van der Waals surface area contributed by atoms with Crippen LogP contribution in [0.2, 0.25) is 0 Å². The fraction of sp³-hybridized carbons (Fsp3) is 0.176. The summed E-state index contributed by atoms with van der Waals surface area (Å²) in [6, 6.07) is 11.3. The van der Waals surface area contributed by atoms with E-state index in [4.69, 9.17) is 0 Å². The van der Waals surface area contributed by atoms with Crippen molar-refractivity contribution in [3.8, 4) is 0 Å². The first-order chi connectivity index (χ1) is 11.9. The number of rotatable bonds is 6. The second-order valence-electron chi connectivity index (χ2n) is 5.32. The summed E-state index contributed by atoms with van der Waals surface area (Å²) < 4.78 is 0.913. The predicted molar refractivity (Wildman–Crippen MR) is 97.6 cm³/mol. The summed E-state index contributed by atoms with van der Waals surface area (Å²) in [5.74, 6) is -0.600. The number of carbonyl (C=O) groups excluding carboxylic acids is 2. The van der Waals surface area contributed by atoms with E-state index in [1.165, 1.54) is 18.2 Å². The third-order valence-electron chi connectivity index (χ3n) is 3.42. The first-order valence-corrected chi connectivity index (χ1v) is 8.25. The highest BCUT2D eigenvalue weighted by atomic mass is 79.9. The molecule has 0 saturated heterocycles. The number of nitro benzene ring substituents is 1. The molecule has 0 unspecified atom stereocenters. The van der Waals surface area contributed by atoms with E-state index in [2.05, 4.69) is 26.6 Å². The SMILES string of the molecule is Cc1cc(C(=O)NCCC(=O)Nc2ccc(Br)cc2)ccc1[N+](=O)[O-]. The number of benzene rings is 2. The molecule has 2 aromatic rings. The molecule has 0 fully saturated rings. The third-order valence-corrected chi connectivity index (χ3v) is 3.95. The van der Waals surface area contributed by atoms with E-state index >= 15 is 0 Å². The molecule has 0 aliphatic heterocycles. The van der Waals surface area contributed by atoms with Crippen molar-refractivity contribution in [2.45, 2.75) is 13.3 Å². The molecule has 25 heavy (non-hydrogen) atoms. The molecule has 0 atom stereocenters. The minimum atomic E-state index is -0.497. The van der Waals surface area contributed by atoms with Gasteiger partial charge in [0.15, 0.2) is 0 Å². The monoisotopic (exact) mass is 405 g/mol. The Morgan fingerprint density at radius 1 is 1.16 bits per heavy atom. The number of amides is 2. The molecule has 2 amide bonds.